The maximum absolute atomic E-state index is 8.61. The average Bonchev–Trinajstić information content (AvgIpc) is 2.28. The molecule has 0 unspecified atom stereocenters. The Balaban J connectivity index is 2.22. The van der Waals surface area contributed by atoms with Crippen LogP contribution in [-0.2, 0) is 0 Å². The molecule has 1 aromatic carbocycles. The minimum Gasteiger partial charge on any atom is -0.456 e. The number of nitrogen functional groups attached to an aromatic ring is 1. The quantitative estimate of drug-likeness (QED) is 0.863. The normalized spacial score (nSPS) is 9.65. The van der Waals surface area contributed by atoms with Crippen LogP contribution >= 0.6 is 15.9 Å². The molecule has 0 spiro atoms. The Morgan fingerprint density at radius 3 is 2.65 bits per heavy atom. The number of nitrogens with two attached hydrogens (primary N) is 1. The lowest BCUT2D eigenvalue weighted by atomic mass is 10.3. The zero-order valence-electron chi connectivity index (χ0n) is 8.72. The Kier molecular flexibility index (Phi) is 3.26. The van der Waals surface area contributed by atoms with Crippen molar-refractivity contribution in [1.82, 2.24) is 4.98 Å². The van der Waals surface area contributed by atoms with E-state index < -0.39 is 0 Å². The van der Waals surface area contributed by atoms with E-state index in [2.05, 4.69) is 20.9 Å². The predicted octanol–water partition coefficient (Wildman–Crippen LogP) is 3.09. The highest BCUT2D eigenvalue weighted by Gasteiger charge is 2.01. The summed E-state index contributed by atoms with van der Waals surface area (Å²) >= 11 is 3.33. The summed E-state index contributed by atoms with van der Waals surface area (Å²) in [6, 6.07) is 10.5. The van der Waals surface area contributed by atoms with Gasteiger partial charge in [-0.25, -0.2) is 4.98 Å². The van der Waals surface area contributed by atoms with Crippen molar-refractivity contribution in [3.05, 3.63) is 46.7 Å². The maximum atomic E-state index is 8.61. The maximum Gasteiger partial charge on any atom is 0.145 e. The molecule has 2 aromatic rings. The summed E-state index contributed by atoms with van der Waals surface area (Å²) in [5.74, 6) is 1.17. The molecule has 0 fully saturated rings. The molecule has 17 heavy (non-hydrogen) atoms. The summed E-state index contributed by atoms with van der Waals surface area (Å²) < 4.78 is 6.40. The summed E-state index contributed by atoms with van der Waals surface area (Å²) in [7, 11) is 0. The molecule has 0 aliphatic heterocycles. The van der Waals surface area contributed by atoms with Crippen LogP contribution in [-0.4, -0.2) is 4.98 Å². The third-order valence-corrected chi connectivity index (χ3v) is 2.44. The second kappa shape index (κ2) is 4.85. The fourth-order valence-corrected chi connectivity index (χ4v) is 1.78. The Morgan fingerprint density at radius 1 is 1.24 bits per heavy atom. The summed E-state index contributed by atoms with van der Waals surface area (Å²) in [6.45, 7) is 0. The number of rotatable bonds is 2. The third kappa shape index (κ3) is 2.95. The first-order chi connectivity index (χ1) is 8.17. The van der Waals surface area contributed by atoms with Crippen LogP contribution in [0, 0.1) is 11.3 Å². The molecule has 5 heteroatoms. The molecule has 1 heterocycles. The zero-order valence-corrected chi connectivity index (χ0v) is 10.3. The van der Waals surface area contributed by atoms with Crippen LogP contribution in [0.25, 0.3) is 0 Å². The van der Waals surface area contributed by atoms with Gasteiger partial charge in [-0.05, 0) is 24.3 Å². The van der Waals surface area contributed by atoms with Crippen LogP contribution in [0.15, 0.2) is 41.0 Å². The zero-order chi connectivity index (χ0) is 12.3. The number of anilines is 1. The first-order valence-electron chi connectivity index (χ1n) is 4.77. The van der Waals surface area contributed by atoms with E-state index >= 15 is 0 Å². The highest BCUT2D eigenvalue weighted by Crippen LogP contribution is 2.26. The lowest BCUT2D eigenvalue weighted by Crippen LogP contribution is -1.90. The topological polar surface area (TPSA) is 71.9 Å². The molecule has 0 saturated carbocycles. The van der Waals surface area contributed by atoms with Crippen molar-refractivity contribution >= 4 is 21.6 Å². The number of nitriles is 1. The second-order valence-corrected chi connectivity index (χ2v) is 4.23. The van der Waals surface area contributed by atoms with Gasteiger partial charge < -0.3 is 10.5 Å². The number of aromatic nitrogens is 1. The SMILES string of the molecule is N#Cc1ccc(Oc2cc(N)cc(Br)c2)cn1. The van der Waals surface area contributed by atoms with Gasteiger partial charge in [-0.15, -0.1) is 0 Å². The van der Waals surface area contributed by atoms with Crippen LogP contribution in [0.3, 0.4) is 0 Å². The number of hydrogen-bond acceptors (Lipinski definition) is 4. The first-order valence-corrected chi connectivity index (χ1v) is 5.57. The van der Waals surface area contributed by atoms with E-state index in [4.69, 9.17) is 15.7 Å². The van der Waals surface area contributed by atoms with Gasteiger partial charge in [0.1, 0.15) is 23.3 Å². The smallest absolute Gasteiger partial charge is 0.145 e. The molecule has 1 aromatic heterocycles. The van der Waals surface area contributed by atoms with Crippen LogP contribution in [0.1, 0.15) is 5.69 Å². The van der Waals surface area contributed by atoms with Gasteiger partial charge in [0.05, 0.1) is 6.20 Å². The van der Waals surface area contributed by atoms with Crippen molar-refractivity contribution in [2.24, 2.45) is 0 Å². The van der Waals surface area contributed by atoms with Crippen molar-refractivity contribution < 1.29 is 4.74 Å². The molecule has 2 N–H and O–H groups in total. The largest absolute Gasteiger partial charge is 0.456 e. The lowest BCUT2D eigenvalue weighted by molar-refractivity contribution is 0.480. The molecule has 0 aliphatic rings. The minimum atomic E-state index is 0.353. The van der Waals surface area contributed by atoms with Gasteiger partial charge in [-0.1, -0.05) is 15.9 Å². The summed E-state index contributed by atoms with van der Waals surface area (Å²) in [5.41, 5.74) is 6.65. The van der Waals surface area contributed by atoms with Crippen LogP contribution < -0.4 is 10.5 Å². The van der Waals surface area contributed by atoms with Crippen molar-refractivity contribution in [1.29, 1.82) is 5.26 Å². The molecule has 4 nitrogen and oxygen atoms in total. The fraction of sp³-hybridized carbons (Fsp3) is 0. The van der Waals surface area contributed by atoms with E-state index in [9.17, 15) is 0 Å². The highest BCUT2D eigenvalue weighted by atomic mass is 79.9. The molecule has 2 rings (SSSR count). The summed E-state index contributed by atoms with van der Waals surface area (Å²) in [6.07, 6.45) is 1.50. The standard InChI is InChI=1S/C12H8BrN3O/c13-8-3-9(15)5-12(4-8)17-11-2-1-10(6-14)16-7-11/h1-5,7H,15H2. The number of hydrogen-bond donors (Lipinski definition) is 1. The number of pyridine rings is 1. The van der Waals surface area contributed by atoms with E-state index in [1.165, 1.54) is 6.20 Å². The Morgan fingerprint density at radius 2 is 2.06 bits per heavy atom. The molecule has 0 amide bonds. The van der Waals surface area contributed by atoms with Gasteiger partial charge >= 0.3 is 0 Å². The Labute approximate surface area is 107 Å². The lowest BCUT2D eigenvalue weighted by Gasteiger charge is -2.06. The minimum absolute atomic E-state index is 0.353. The van der Waals surface area contributed by atoms with E-state index in [1.807, 2.05) is 6.07 Å². The van der Waals surface area contributed by atoms with Gasteiger partial charge in [-0.3, -0.25) is 0 Å². The third-order valence-electron chi connectivity index (χ3n) is 1.98. The van der Waals surface area contributed by atoms with E-state index in [0.717, 1.165) is 4.47 Å². The molecular formula is C12H8BrN3O. The number of halogens is 1. The average molecular weight is 290 g/mol. The van der Waals surface area contributed by atoms with E-state index in [1.54, 1.807) is 30.3 Å². The summed E-state index contributed by atoms with van der Waals surface area (Å²) in [4.78, 5) is 3.91. The molecule has 84 valence electrons. The van der Waals surface area contributed by atoms with Gasteiger partial charge in [0.2, 0.25) is 0 Å². The highest BCUT2D eigenvalue weighted by molar-refractivity contribution is 9.10. The number of benzene rings is 1. The van der Waals surface area contributed by atoms with Crippen molar-refractivity contribution in [2.45, 2.75) is 0 Å². The van der Waals surface area contributed by atoms with Gasteiger partial charge in [0.15, 0.2) is 0 Å². The Hall–Kier alpha value is -2.06. The van der Waals surface area contributed by atoms with Crippen LogP contribution in [0.4, 0.5) is 5.69 Å². The molecule has 0 atom stereocenters. The van der Waals surface area contributed by atoms with Gasteiger partial charge in [-0.2, -0.15) is 5.26 Å². The Bertz CT molecular complexity index is 555. The molecule has 0 saturated heterocycles. The van der Waals surface area contributed by atoms with Crippen LogP contribution in [0.5, 0.6) is 11.5 Å². The fourth-order valence-electron chi connectivity index (χ4n) is 1.29. The van der Waals surface area contributed by atoms with Crippen molar-refractivity contribution in [3.8, 4) is 17.6 Å². The second-order valence-electron chi connectivity index (χ2n) is 3.31. The first kappa shape index (κ1) is 11.4. The van der Waals surface area contributed by atoms with E-state index in [-0.39, 0.29) is 0 Å². The number of ether oxygens (including phenoxy) is 1. The van der Waals surface area contributed by atoms with Crippen molar-refractivity contribution in [3.63, 3.8) is 0 Å². The monoisotopic (exact) mass is 289 g/mol. The van der Waals surface area contributed by atoms with Gasteiger partial charge in [0.25, 0.3) is 0 Å². The van der Waals surface area contributed by atoms with Crippen molar-refractivity contribution in [2.75, 3.05) is 5.73 Å². The number of nitrogens with zero attached hydrogens (tertiary/aromatic N) is 2. The molecule has 0 aliphatic carbocycles. The van der Waals surface area contributed by atoms with Gasteiger partial charge in [0, 0.05) is 16.2 Å². The molecular weight excluding hydrogens is 282 g/mol. The van der Waals surface area contributed by atoms with Crippen LogP contribution in [0.2, 0.25) is 0 Å². The molecule has 0 radical (unpaired) electrons. The predicted molar refractivity (Wildman–Crippen MR) is 67.6 cm³/mol. The van der Waals surface area contributed by atoms with E-state index in [0.29, 0.717) is 22.9 Å². The molecule has 0 bridgehead atoms. The summed E-state index contributed by atoms with van der Waals surface area (Å²) in [5, 5.41) is 8.61.